The van der Waals surface area contributed by atoms with E-state index in [4.69, 9.17) is 10.5 Å². The average molecular weight is 308 g/mol. The molecule has 2 aromatic rings. The number of methoxy groups -OCH3 is 1. The van der Waals surface area contributed by atoms with Gasteiger partial charge in [0.1, 0.15) is 11.4 Å². The number of benzene rings is 1. The smallest absolute Gasteiger partial charge is 0.252 e. The van der Waals surface area contributed by atoms with Gasteiger partial charge in [-0.05, 0) is 11.6 Å². The molecule has 1 aromatic carbocycles. The molecule has 1 aliphatic rings. The Morgan fingerprint density at radius 2 is 1.70 bits per heavy atom. The van der Waals surface area contributed by atoms with Crippen LogP contribution < -0.4 is 10.5 Å². The van der Waals surface area contributed by atoms with Crippen molar-refractivity contribution in [1.82, 2.24) is 4.98 Å². The Bertz CT molecular complexity index is 869. The van der Waals surface area contributed by atoms with Crippen LogP contribution in [0.5, 0.6) is 5.75 Å². The largest absolute Gasteiger partial charge is 0.496 e. The van der Waals surface area contributed by atoms with Crippen LogP contribution in [0.25, 0.3) is 5.70 Å². The Kier molecular flexibility index (Phi) is 3.50. The molecule has 1 aromatic heterocycles. The summed E-state index contributed by atoms with van der Waals surface area (Å²) in [6.45, 7) is 0. The van der Waals surface area contributed by atoms with Crippen molar-refractivity contribution in [2.75, 3.05) is 7.11 Å². The number of hydrogen-bond donors (Lipinski definition) is 1. The lowest BCUT2D eigenvalue weighted by Gasteiger charge is -2.18. The third-order valence-corrected chi connectivity index (χ3v) is 3.59. The van der Waals surface area contributed by atoms with Crippen molar-refractivity contribution < 1.29 is 19.1 Å². The van der Waals surface area contributed by atoms with Crippen LogP contribution in [-0.2, 0) is 4.79 Å². The van der Waals surface area contributed by atoms with E-state index in [2.05, 4.69) is 4.98 Å². The molecule has 0 radical (unpaired) electrons. The number of ether oxygens (including phenoxy) is 1. The van der Waals surface area contributed by atoms with Gasteiger partial charge >= 0.3 is 0 Å². The summed E-state index contributed by atoms with van der Waals surface area (Å²) in [4.78, 5) is 41.2. The van der Waals surface area contributed by atoms with Crippen molar-refractivity contribution in [1.29, 1.82) is 0 Å². The van der Waals surface area contributed by atoms with E-state index in [9.17, 15) is 14.4 Å². The summed E-state index contributed by atoms with van der Waals surface area (Å²) < 4.78 is 5.11. The van der Waals surface area contributed by atoms with Crippen molar-refractivity contribution in [3.63, 3.8) is 0 Å². The molecule has 0 saturated heterocycles. The molecule has 3 rings (SSSR count). The van der Waals surface area contributed by atoms with Gasteiger partial charge in [-0.15, -0.1) is 0 Å². The van der Waals surface area contributed by atoms with Crippen LogP contribution in [0.4, 0.5) is 0 Å². The predicted molar refractivity (Wildman–Crippen MR) is 82.0 cm³/mol. The summed E-state index contributed by atoms with van der Waals surface area (Å²) in [7, 11) is 1.37. The summed E-state index contributed by atoms with van der Waals surface area (Å²) in [6, 6.07) is 9.99. The highest BCUT2D eigenvalue weighted by Crippen LogP contribution is 2.31. The lowest BCUT2D eigenvalue weighted by molar-refractivity contribution is -0.111. The van der Waals surface area contributed by atoms with Crippen molar-refractivity contribution >= 4 is 23.0 Å². The quantitative estimate of drug-likeness (QED) is 0.511. The van der Waals surface area contributed by atoms with Crippen molar-refractivity contribution in [2.24, 2.45) is 5.73 Å². The molecule has 0 spiro atoms. The van der Waals surface area contributed by atoms with E-state index < -0.39 is 17.3 Å². The predicted octanol–water partition coefficient (Wildman–Crippen LogP) is 1.41. The van der Waals surface area contributed by atoms with Gasteiger partial charge in [-0.25, -0.2) is 0 Å². The van der Waals surface area contributed by atoms with Crippen LogP contribution in [0.3, 0.4) is 0 Å². The lowest BCUT2D eigenvalue weighted by Crippen LogP contribution is -2.33. The molecular weight excluding hydrogens is 296 g/mol. The third-order valence-electron chi connectivity index (χ3n) is 3.59. The van der Waals surface area contributed by atoms with Gasteiger partial charge < -0.3 is 10.5 Å². The highest BCUT2D eigenvalue weighted by atomic mass is 16.5. The Hall–Kier alpha value is -3.28. The van der Waals surface area contributed by atoms with Crippen LogP contribution in [-0.4, -0.2) is 29.4 Å². The minimum absolute atomic E-state index is 0.0338. The molecule has 0 atom stereocenters. The Labute approximate surface area is 131 Å². The second kappa shape index (κ2) is 5.49. The first-order valence-corrected chi connectivity index (χ1v) is 6.78. The summed E-state index contributed by atoms with van der Waals surface area (Å²) >= 11 is 0. The maximum atomic E-state index is 12.7. The zero-order valence-electron chi connectivity index (χ0n) is 12.2. The zero-order chi connectivity index (χ0) is 16.6. The lowest BCUT2D eigenvalue weighted by atomic mass is 9.85. The number of nitrogens with zero attached hydrogens (tertiary/aromatic N) is 1. The maximum absolute atomic E-state index is 12.7. The molecule has 0 fully saturated rings. The second-order valence-electron chi connectivity index (χ2n) is 4.88. The average Bonchev–Trinajstić information content (AvgIpc) is 2.59. The molecule has 114 valence electrons. The molecule has 6 heteroatoms. The Balaban J connectivity index is 2.28. The van der Waals surface area contributed by atoms with Crippen LogP contribution in [0.2, 0.25) is 0 Å². The molecule has 23 heavy (non-hydrogen) atoms. The highest BCUT2D eigenvalue weighted by Gasteiger charge is 2.40. The second-order valence-corrected chi connectivity index (χ2v) is 4.88. The minimum Gasteiger partial charge on any atom is -0.496 e. The number of allylic oxidation sites excluding steroid dienone is 1. The molecule has 0 unspecified atom stereocenters. The molecular formula is C17H12N2O4. The van der Waals surface area contributed by atoms with Crippen LogP contribution in [0, 0.1) is 0 Å². The molecule has 0 aliphatic heterocycles. The van der Waals surface area contributed by atoms with E-state index in [-0.39, 0.29) is 28.3 Å². The maximum Gasteiger partial charge on any atom is 0.252 e. The first-order valence-electron chi connectivity index (χ1n) is 6.78. The number of pyridine rings is 1. The van der Waals surface area contributed by atoms with E-state index >= 15 is 0 Å². The molecule has 1 heterocycles. The van der Waals surface area contributed by atoms with E-state index in [0.29, 0.717) is 5.56 Å². The fourth-order valence-electron chi connectivity index (χ4n) is 2.46. The number of ketones is 3. The third kappa shape index (κ3) is 2.20. The van der Waals surface area contributed by atoms with Crippen LogP contribution in [0.15, 0.2) is 48.2 Å². The van der Waals surface area contributed by atoms with E-state index in [1.54, 1.807) is 30.3 Å². The van der Waals surface area contributed by atoms with Gasteiger partial charge in [0, 0.05) is 6.20 Å². The van der Waals surface area contributed by atoms with Gasteiger partial charge in [0.25, 0.3) is 5.78 Å². The molecule has 1 aliphatic carbocycles. The topological polar surface area (TPSA) is 99.3 Å². The van der Waals surface area contributed by atoms with Gasteiger partial charge in [0.05, 0.1) is 23.9 Å². The van der Waals surface area contributed by atoms with E-state index in [1.165, 1.54) is 19.4 Å². The summed E-state index contributed by atoms with van der Waals surface area (Å²) in [5, 5.41) is 0. The van der Waals surface area contributed by atoms with Gasteiger partial charge in [0.15, 0.2) is 0 Å². The first kappa shape index (κ1) is 14.6. The normalized spacial score (nSPS) is 16.1. The standard InChI is InChI=1S/C17H12N2O4/c1-23-10-7-8-19-14-11(10)15(20)12(16(21)17(14)22)13(18)9-5-3-2-4-6-9/h2-8H,18H2,1H3/b13-12-. The van der Waals surface area contributed by atoms with Crippen LogP contribution in [0.1, 0.15) is 26.4 Å². The van der Waals surface area contributed by atoms with E-state index in [0.717, 1.165) is 0 Å². The monoisotopic (exact) mass is 308 g/mol. The van der Waals surface area contributed by atoms with Crippen molar-refractivity contribution in [2.45, 2.75) is 0 Å². The highest BCUT2D eigenvalue weighted by molar-refractivity contribution is 6.60. The number of aromatic nitrogens is 1. The van der Waals surface area contributed by atoms with Gasteiger partial charge in [-0.3, -0.25) is 19.4 Å². The summed E-state index contributed by atoms with van der Waals surface area (Å²) in [6.07, 6.45) is 1.31. The molecule has 2 N–H and O–H groups in total. The molecule has 0 bridgehead atoms. The number of rotatable bonds is 2. The van der Waals surface area contributed by atoms with Gasteiger partial charge in [-0.1, -0.05) is 30.3 Å². The SMILES string of the molecule is COc1ccnc2c1C(=O)/C(=C(/N)c1ccccc1)C(=O)C2=O. The zero-order valence-corrected chi connectivity index (χ0v) is 12.2. The number of nitrogens with two attached hydrogens (primary N) is 1. The Morgan fingerprint density at radius 1 is 1.00 bits per heavy atom. The van der Waals surface area contributed by atoms with E-state index in [1.807, 2.05) is 0 Å². The fourth-order valence-corrected chi connectivity index (χ4v) is 2.46. The first-order chi connectivity index (χ1) is 11.1. The number of carbonyl (C=O) groups is 3. The number of hydrogen-bond acceptors (Lipinski definition) is 6. The number of fused-ring (bicyclic) bond motifs is 1. The molecule has 0 amide bonds. The fraction of sp³-hybridized carbons (Fsp3) is 0.0588. The molecule has 6 nitrogen and oxygen atoms in total. The van der Waals surface area contributed by atoms with Crippen molar-refractivity contribution in [3.05, 3.63) is 65.0 Å². The van der Waals surface area contributed by atoms with Crippen LogP contribution >= 0.6 is 0 Å². The van der Waals surface area contributed by atoms with Crippen molar-refractivity contribution in [3.8, 4) is 5.75 Å². The summed E-state index contributed by atoms with van der Waals surface area (Å²) in [5.74, 6) is -2.30. The summed E-state index contributed by atoms with van der Waals surface area (Å²) in [5.41, 5.74) is 5.85. The molecule has 0 saturated carbocycles. The Morgan fingerprint density at radius 3 is 2.35 bits per heavy atom. The van der Waals surface area contributed by atoms with Gasteiger partial charge in [0.2, 0.25) is 11.6 Å². The minimum atomic E-state index is -0.954. The van der Waals surface area contributed by atoms with Gasteiger partial charge in [-0.2, -0.15) is 0 Å². The number of Topliss-reactive ketones (excluding diaryl/α,β-unsaturated/α-hetero) is 3. The number of carbonyl (C=O) groups excluding carboxylic acids is 3.